The van der Waals surface area contributed by atoms with E-state index in [1.165, 1.54) is 36.4 Å². The maximum atomic E-state index is 13.3. The number of nitrogens with zero attached hydrogens (tertiary/aromatic N) is 6. The Morgan fingerprint density at radius 1 is 1.07 bits per heavy atom. The molecule has 1 aliphatic rings. The van der Waals surface area contributed by atoms with Crippen molar-refractivity contribution in [3.05, 3.63) is 106 Å². The summed E-state index contributed by atoms with van der Waals surface area (Å²) in [5, 5.41) is 31.2. The number of aliphatic hydroxyl groups is 1. The number of sulfonamides is 1. The van der Waals surface area contributed by atoms with E-state index in [4.69, 9.17) is 11.6 Å². The summed E-state index contributed by atoms with van der Waals surface area (Å²) >= 11 is 5.90. The number of nitrogens with one attached hydrogen (secondary N) is 2. The van der Waals surface area contributed by atoms with E-state index >= 15 is 0 Å². The Hall–Kier alpha value is -4.34. The van der Waals surface area contributed by atoms with E-state index in [0.717, 1.165) is 17.1 Å². The number of alkyl halides is 3. The number of rotatable bonds is 6. The number of hydrazone groups is 1. The molecular formula is C25H20ClF3N8O3S. The van der Waals surface area contributed by atoms with E-state index in [-0.39, 0.29) is 41.0 Å². The fraction of sp³-hybridized carbons (Fsp3) is 0.160. The molecule has 0 radical (unpaired) electrons. The molecule has 0 saturated carbocycles. The summed E-state index contributed by atoms with van der Waals surface area (Å²) < 4.78 is 68.5. The number of aromatic amines is 1. The summed E-state index contributed by atoms with van der Waals surface area (Å²) in [7, 11) is -4.23. The van der Waals surface area contributed by atoms with E-state index in [9.17, 15) is 26.7 Å². The second kappa shape index (κ2) is 10.9. The Bertz CT molecular complexity index is 1680. The van der Waals surface area contributed by atoms with Gasteiger partial charge in [-0.3, -0.25) is 0 Å². The summed E-state index contributed by atoms with van der Waals surface area (Å²) in [6, 6.07) is 17.8. The number of hydrogen-bond acceptors (Lipinski definition) is 8. The molecule has 1 atom stereocenters. The number of halogens is 4. The molecule has 212 valence electrons. The van der Waals surface area contributed by atoms with E-state index in [1.807, 2.05) is 0 Å². The lowest BCUT2D eigenvalue weighted by molar-refractivity contribution is -0.137. The van der Waals surface area contributed by atoms with Crippen LogP contribution in [0.25, 0.3) is 0 Å². The first kappa shape index (κ1) is 28.2. The zero-order valence-corrected chi connectivity index (χ0v) is 22.4. The standard InChI is InChI=1S/C25H20ClF3N8O3S/c26-19-10-12-20(13-11-19)41(39,40)34-23(30-14-21-31-35-36-32-21)37-15-24(38,17-4-2-1-3-5-17)22(33-37)16-6-8-18(9-7-16)25(27,28)29/h1-13,38H,14-15H2,(H,30,34)(H,31,32,35,36). The molecule has 4 aromatic rings. The predicted molar refractivity (Wildman–Crippen MR) is 142 cm³/mol. The number of aliphatic imine (C=N–C) groups is 1. The van der Waals surface area contributed by atoms with Crippen molar-refractivity contribution < 1.29 is 26.7 Å². The van der Waals surface area contributed by atoms with Gasteiger partial charge in [-0.25, -0.2) is 23.1 Å². The molecule has 3 N–H and O–H groups in total. The van der Waals surface area contributed by atoms with Crippen LogP contribution >= 0.6 is 11.6 Å². The number of β-amino-alcohol motifs (C(OH)–C–C–N with tert-alkyl or cyclic N) is 1. The summed E-state index contributed by atoms with van der Waals surface area (Å²) in [5.41, 5.74) is -2.20. The van der Waals surface area contributed by atoms with Crippen LogP contribution in [0.5, 0.6) is 0 Å². The highest BCUT2D eigenvalue weighted by molar-refractivity contribution is 7.90. The second-order valence-electron chi connectivity index (χ2n) is 8.83. The lowest BCUT2D eigenvalue weighted by Crippen LogP contribution is -2.45. The number of aromatic nitrogens is 4. The lowest BCUT2D eigenvalue weighted by atomic mass is 9.85. The molecule has 1 aromatic heterocycles. The largest absolute Gasteiger partial charge is 0.416 e. The molecule has 41 heavy (non-hydrogen) atoms. The van der Waals surface area contributed by atoms with Crippen LogP contribution < -0.4 is 4.72 Å². The van der Waals surface area contributed by atoms with Crippen LogP contribution in [0.2, 0.25) is 5.02 Å². The van der Waals surface area contributed by atoms with Crippen molar-refractivity contribution in [3.63, 3.8) is 0 Å². The number of H-pyrrole nitrogens is 1. The monoisotopic (exact) mass is 604 g/mol. The van der Waals surface area contributed by atoms with E-state index in [1.54, 1.807) is 30.3 Å². The summed E-state index contributed by atoms with van der Waals surface area (Å²) in [5.74, 6) is -0.168. The first-order chi connectivity index (χ1) is 19.5. The van der Waals surface area contributed by atoms with Crippen molar-refractivity contribution in [2.75, 3.05) is 6.54 Å². The SMILES string of the molecule is O=S(=O)(NC(=NCc1nn[nH]n1)N1CC(O)(c2ccccc2)C(c2ccc(C(F)(F)F)cc2)=N1)c1ccc(Cl)cc1. The van der Waals surface area contributed by atoms with Crippen molar-refractivity contribution in [1.29, 1.82) is 0 Å². The molecule has 5 rings (SSSR count). The number of guanidine groups is 1. The molecule has 0 amide bonds. The Morgan fingerprint density at radius 3 is 2.37 bits per heavy atom. The number of benzene rings is 3. The van der Waals surface area contributed by atoms with Gasteiger partial charge in [0, 0.05) is 10.6 Å². The zero-order chi connectivity index (χ0) is 29.3. The fourth-order valence-electron chi connectivity index (χ4n) is 4.06. The molecule has 0 bridgehead atoms. The normalized spacial score (nSPS) is 17.9. The second-order valence-corrected chi connectivity index (χ2v) is 11.0. The molecule has 3 aromatic carbocycles. The highest BCUT2D eigenvalue weighted by Crippen LogP contribution is 2.35. The van der Waals surface area contributed by atoms with Gasteiger partial charge in [-0.15, -0.1) is 10.2 Å². The third-order valence-corrected chi connectivity index (χ3v) is 7.68. The summed E-state index contributed by atoms with van der Waals surface area (Å²) in [6.07, 6.45) is -4.56. The maximum absolute atomic E-state index is 13.3. The van der Waals surface area contributed by atoms with Crippen LogP contribution in [0.4, 0.5) is 13.2 Å². The van der Waals surface area contributed by atoms with Crippen molar-refractivity contribution in [2.45, 2.75) is 23.2 Å². The molecule has 0 saturated heterocycles. The van der Waals surface area contributed by atoms with Gasteiger partial charge in [0.1, 0.15) is 12.3 Å². The van der Waals surface area contributed by atoms with Crippen molar-refractivity contribution in [2.24, 2.45) is 10.1 Å². The van der Waals surface area contributed by atoms with Gasteiger partial charge in [0.05, 0.1) is 17.0 Å². The minimum atomic E-state index is -4.56. The van der Waals surface area contributed by atoms with Gasteiger partial charge in [-0.1, -0.05) is 59.3 Å². The number of tetrazole rings is 1. The molecule has 1 unspecified atom stereocenters. The third-order valence-electron chi connectivity index (χ3n) is 6.08. The van der Waals surface area contributed by atoms with Crippen molar-refractivity contribution in [1.82, 2.24) is 30.4 Å². The zero-order valence-electron chi connectivity index (χ0n) is 20.8. The average Bonchev–Trinajstić information content (AvgIpc) is 3.60. The first-order valence-corrected chi connectivity index (χ1v) is 13.7. The van der Waals surface area contributed by atoms with Gasteiger partial charge >= 0.3 is 6.18 Å². The van der Waals surface area contributed by atoms with Crippen LogP contribution in [0, 0.1) is 0 Å². The minimum Gasteiger partial charge on any atom is -0.377 e. The topological polar surface area (TPSA) is 149 Å². The highest BCUT2D eigenvalue weighted by atomic mass is 35.5. The smallest absolute Gasteiger partial charge is 0.377 e. The Labute approximate surface area is 236 Å². The quantitative estimate of drug-likeness (QED) is 0.226. The Balaban J connectivity index is 1.58. The van der Waals surface area contributed by atoms with E-state index < -0.39 is 27.4 Å². The molecule has 16 heteroatoms. The van der Waals surface area contributed by atoms with Gasteiger partial charge in [0.2, 0.25) is 5.96 Å². The molecule has 0 aliphatic carbocycles. The molecule has 1 aliphatic heterocycles. The predicted octanol–water partition coefficient (Wildman–Crippen LogP) is 3.31. The molecule has 0 spiro atoms. The van der Waals surface area contributed by atoms with E-state index in [0.29, 0.717) is 10.6 Å². The van der Waals surface area contributed by atoms with Crippen molar-refractivity contribution in [3.8, 4) is 0 Å². The van der Waals surface area contributed by atoms with Gasteiger partial charge in [-0.05, 0) is 42.0 Å². The average molecular weight is 605 g/mol. The van der Waals surface area contributed by atoms with Crippen LogP contribution in [0.1, 0.15) is 22.5 Å². The van der Waals surface area contributed by atoms with Crippen LogP contribution in [-0.2, 0) is 28.3 Å². The van der Waals surface area contributed by atoms with Crippen molar-refractivity contribution >= 4 is 33.3 Å². The molecule has 11 nitrogen and oxygen atoms in total. The summed E-state index contributed by atoms with van der Waals surface area (Å²) in [4.78, 5) is 4.16. The van der Waals surface area contributed by atoms with Gasteiger partial charge < -0.3 is 5.11 Å². The molecule has 0 fully saturated rings. The molecule has 2 heterocycles. The van der Waals surface area contributed by atoms with Gasteiger partial charge in [0.15, 0.2) is 11.4 Å². The Morgan fingerprint density at radius 2 is 1.76 bits per heavy atom. The van der Waals surface area contributed by atoms with Crippen LogP contribution in [0.3, 0.4) is 0 Å². The Kier molecular flexibility index (Phi) is 7.50. The lowest BCUT2D eigenvalue weighted by Gasteiger charge is -2.26. The highest BCUT2D eigenvalue weighted by Gasteiger charge is 2.45. The van der Waals surface area contributed by atoms with Gasteiger partial charge in [-0.2, -0.15) is 23.5 Å². The first-order valence-electron chi connectivity index (χ1n) is 11.8. The minimum absolute atomic E-state index is 0.0182. The molecular weight excluding hydrogens is 585 g/mol. The van der Waals surface area contributed by atoms with Crippen LogP contribution in [-0.4, -0.2) is 57.4 Å². The fourth-order valence-corrected chi connectivity index (χ4v) is 5.21. The third kappa shape index (κ3) is 6.06. The maximum Gasteiger partial charge on any atom is 0.416 e. The number of hydrogen-bond donors (Lipinski definition) is 3. The van der Waals surface area contributed by atoms with Gasteiger partial charge in [0.25, 0.3) is 10.0 Å². The summed E-state index contributed by atoms with van der Waals surface area (Å²) in [6.45, 7) is -0.554. The van der Waals surface area contributed by atoms with E-state index in [2.05, 4.69) is 35.4 Å². The van der Waals surface area contributed by atoms with Crippen LogP contribution in [0.15, 0.2) is 93.9 Å².